The summed E-state index contributed by atoms with van der Waals surface area (Å²) in [6, 6.07) is 4.88. The predicted octanol–water partition coefficient (Wildman–Crippen LogP) is 1.24. The number of pyridine rings is 1. The van der Waals surface area contributed by atoms with Crippen molar-refractivity contribution >= 4 is 15.9 Å². The molecule has 0 saturated carbocycles. The van der Waals surface area contributed by atoms with Crippen molar-refractivity contribution in [1.82, 2.24) is 24.2 Å². The van der Waals surface area contributed by atoms with Crippen LogP contribution in [0.15, 0.2) is 29.2 Å². The standard InChI is InChI=1S/C20H25N5O4S/c1-2-30(28,29)24-12-9-15-14(13-24)19(26)23-18(22-15)17-8-4-6-11-25(17)20(27)16-7-3-5-10-21-16/h3,5,7,10,17H,2,4,6,8-9,11-13H2,1H3,(H,22,23,26)/t17-/m1/s1. The molecule has 0 aromatic carbocycles. The van der Waals surface area contributed by atoms with Crippen molar-refractivity contribution in [2.24, 2.45) is 0 Å². The van der Waals surface area contributed by atoms with Gasteiger partial charge in [0.05, 0.1) is 23.1 Å². The molecule has 4 rings (SSSR count). The van der Waals surface area contributed by atoms with Crippen LogP contribution in [-0.4, -0.2) is 57.3 Å². The Bertz CT molecular complexity index is 1100. The molecule has 1 amide bonds. The van der Waals surface area contributed by atoms with Gasteiger partial charge in [-0.25, -0.2) is 13.4 Å². The molecule has 30 heavy (non-hydrogen) atoms. The fourth-order valence-electron chi connectivity index (χ4n) is 4.09. The van der Waals surface area contributed by atoms with E-state index in [1.54, 1.807) is 36.2 Å². The van der Waals surface area contributed by atoms with Gasteiger partial charge in [-0.3, -0.25) is 14.6 Å². The van der Waals surface area contributed by atoms with Crippen LogP contribution in [0, 0.1) is 0 Å². The molecule has 0 bridgehead atoms. The summed E-state index contributed by atoms with van der Waals surface area (Å²) in [6.45, 7) is 2.51. The molecule has 1 atom stereocenters. The number of nitrogens with zero attached hydrogens (tertiary/aromatic N) is 4. The average Bonchev–Trinajstić information content (AvgIpc) is 2.79. The Kier molecular flexibility index (Phi) is 5.70. The number of piperidine rings is 1. The van der Waals surface area contributed by atoms with Crippen LogP contribution in [0.25, 0.3) is 0 Å². The van der Waals surface area contributed by atoms with Crippen LogP contribution in [0.3, 0.4) is 0 Å². The number of likely N-dealkylation sites (tertiary alicyclic amines) is 1. The molecule has 2 aromatic rings. The summed E-state index contributed by atoms with van der Waals surface area (Å²) in [4.78, 5) is 39.2. The number of carbonyl (C=O) groups excluding carboxylic acids is 1. The van der Waals surface area contributed by atoms with Gasteiger partial charge in [-0.15, -0.1) is 0 Å². The second-order valence-electron chi connectivity index (χ2n) is 7.59. The lowest BCUT2D eigenvalue weighted by molar-refractivity contribution is 0.0592. The number of nitrogens with one attached hydrogen (secondary N) is 1. The molecule has 9 nitrogen and oxygen atoms in total. The number of hydrogen-bond donors (Lipinski definition) is 1. The van der Waals surface area contributed by atoms with Crippen LogP contribution in [0.1, 0.15) is 59.8 Å². The summed E-state index contributed by atoms with van der Waals surface area (Å²) < 4.78 is 25.7. The number of rotatable bonds is 4. The number of fused-ring (bicyclic) bond motifs is 1. The van der Waals surface area contributed by atoms with Gasteiger partial charge in [0, 0.05) is 32.3 Å². The van der Waals surface area contributed by atoms with Gasteiger partial charge in [0.15, 0.2) is 0 Å². The maximum absolute atomic E-state index is 13.0. The number of H-pyrrole nitrogens is 1. The van der Waals surface area contributed by atoms with E-state index in [0.717, 1.165) is 12.8 Å². The van der Waals surface area contributed by atoms with Gasteiger partial charge >= 0.3 is 0 Å². The van der Waals surface area contributed by atoms with Crippen molar-refractivity contribution in [3.05, 3.63) is 57.5 Å². The van der Waals surface area contributed by atoms with Gasteiger partial charge in [-0.1, -0.05) is 6.07 Å². The lowest BCUT2D eigenvalue weighted by Crippen LogP contribution is -2.43. The molecule has 0 spiro atoms. The Morgan fingerprint density at radius 3 is 2.83 bits per heavy atom. The van der Waals surface area contributed by atoms with Crippen molar-refractivity contribution in [2.75, 3.05) is 18.8 Å². The van der Waals surface area contributed by atoms with Crippen molar-refractivity contribution < 1.29 is 13.2 Å². The zero-order chi connectivity index (χ0) is 21.3. The number of amides is 1. The van der Waals surface area contributed by atoms with Crippen molar-refractivity contribution in [1.29, 1.82) is 0 Å². The number of aromatic nitrogens is 3. The molecule has 4 heterocycles. The molecule has 0 unspecified atom stereocenters. The summed E-state index contributed by atoms with van der Waals surface area (Å²) in [5.74, 6) is 0.286. The molecule has 2 aliphatic heterocycles. The van der Waals surface area contributed by atoms with Crippen LogP contribution in [0.4, 0.5) is 0 Å². The Morgan fingerprint density at radius 2 is 2.10 bits per heavy atom. The summed E-state index contributed by atoms with van der Waals surface area (Å²) in [7, 11) is -3.37. The molecular weight excluding hydrogens is 406 g/mol. The number of aromatic amines is 1. The predicted molar refractivity (Wildman–Crippen MR) is 110 cm³/mol. The third-order valence-corrected chi connectivity index (χ3v) is 7.60. The third-order valence-electron chi connectivity index (χ3n) is 5.77. The lowest BCUT2D eigenvalue weighted by atomic mass is 10.00. The van der Waals surface area contributed by atoms with Crippen molar-refractivity contribution in [2.45, 2.75) is 45.2 Å². The highest BCUT2D eigenvalue weighted by Crippen LogP contribution is 2.30. The van der Waals surface area contributed by atoms with Crippen LogP contribution in [0.2, 0.25) is 0 Å². The fraction of sp³-hybridized carbons (Fsp3) is 0.500. The highest BCUT2D eigenvalue weighted by atomic mass is 32.2. The molecule has 1 fully saturated rings. The summed E-state index contributed by atoms with van der Waals surface area (Å²) >= 11 is 0. The minimum atomic E-state index is -3.37. The molecule has 1 saturated heterocycles. The molecule has 10 heteroatoms. The molecule has 1 N–H and O–H groups in total. The Balaban J connectivity index is 1.65. The minimum absolute atomic E-state index is 0.00157. The maximum atomic E-state index is 13.0. The molecule has 0 radical (unpaired) electrons. The quantitative estimate of drug-likeness (QED) is 0.779. The molecular formula is C20H25N5O4S. The molecule has 2 aromatic heterocycles. The summed E-state index contributed by atoms with van der Waals surface area (Å²) in [6.07, 6.45) is 4.48. The lowest BCUT2D eigenvalue weighted by Gasteiger charge is -2.35. The van der Waals surface area contributed by atoms with Gasteiger partial charge in [-0.2, -0.15) is 4.31 Å². The van der Waals surface area contributed by atoms with E-state index in [1.165, 1.54) is 4.31 Å². The maximum Gasteiger partial charge on any atom is 0.273 e. The Labute approximate surface area is 175 Å². The summed E-state index contributed by atoms with van der Waals surface area (Å²) in [5, 5.41) is 0. The second-order valence-corrected chi connectivity index (χ2v) is 9.84. The third kappa shape index (κ3) is 3.89. The minimum Gasteiger partial charge on any atom is -0.327 e. The molecule has 0 aliphatic carbocycles. The van der Waals surface area contributed by atoms with E-state index in [0.29, 0.717) is 48.7 Å². The smallest absolute Gasteiger partial charge is 0.273 e. The van der Waals surface area contributed by atoms with Crippen LogP contribution >= 0.6 is 0 Å². The zero-order valence-corrected chi connectivity index (χ0v) is 17.7. The average molecular weight is 432 g/mol. The largest absolute Gasteiger partial charge is 0.327 e. The topological polar surface area (TPSA) is 116 Å². The van der Waals surface area contributed by atoms with Gasteiger partial charge in [0.1, 0.15) is 11.5 Å². The first-order chi connectivity index (χ1) is 14.4. The fourth-order valence-corrected chi connectivity index (χ4v) is 5.15. The first-order valence-corrected chi connectivity index (χ1v) is 11.8. The second kappa shape index (κ2) is 8.27. The van der Waals surface area contributed by atoms with Gasteiger partial charge < -0.3 is 9.88 Å². The van der Waals surface area contributed by atoms with Crippen molar-refractivity contribution in [3.8, 4) is 0 Å². The normalized spacial score (nSPS) is 20.0. The Morgan fingerprint density at radius 1 is 1.27 bits per heavy atom. The molecule has 160 valence electrons. The summed E-state index contributed by atoms with van der Waals surface area (Å²) in [5.41, 5.74) is 1.04. The monoisotopic (exact) mass is 431 g/mol. The van der Waals surface area contributed by atoms with E-state index in [2.05, 4.69) is 15.0 Å². The van der Waals surface area contributed by atoms with E-state index in [4.69, 9.17) is 0 Å². The van der Waals surface area contributed by atoms with E-state index in [1.807, 2.05) is 0 Å². The van der Waals surface area contributed by atoms with Crippen molar-refractivity contribution in [3.63, 3.8) is 0 Å². The van der Waals surface area contributed by atoms with Crippen LogP contribution in [0.5, 0.6) is 0 Å². The highest BCUT2D eigenvalue weighted by molar-refractivity contribution is 7.89. The van der Waals surface area contributed by atoms with E-state index < -0.39 is 10.0 Å². The first-order valence-electron chi connectivity index (χ1n) is 10.2. The molecule has 2 aliphatic rings. The highest BCUT2D eigenvalue weighted by Gasteiger charge is 2.33. The SMILES string of the molecule is CCS(=O)(=O)N1CCc2nc([C@H]3CCCCN3C(=O)c3ccccn3)[nH]c(=O)c2C1. The van der Waals surface area contributed by atoms with E-state index in [-0.39, 0.29) is 29.8 Å². The van der Waals surface area contributed by atoms with Crippen LogP contribution < -0.4 is 5.56 Å². The number of carbonyl (C=O) groups is 1. The van der Waals surface area contributed by atoms with Gasteiger partial charge in [0.25, 0.3) is 11.5 Å². The number of sulfonamides is 1. The van der Waals surface area contributed by atoms with E-state index in [9.17, 15) is 18.0 Å². The van der Waals surface area contributed by atoms with E-state index >= 15 is 0 Å². The zero-order valence-electron chi connectivity index (χ0n) is 16.9. The first kappa shape index (κ1) is 20.7. The number of hydrogen-bond acceptors (Lipinski definition) is 6. The Hall–Kier alpha value is -2.59. The van der Waals surface area contributed by atoms with Gasteiger partial charge in [-0.05, 0) is 38.3 Å². The van der Waals surface area contributed by atoms with Gasteiger partial charge in [0.2, 0.25) is 10.0 Å². The van der Waals surface area contributed by atoms with Crippen LogP contribution in [-0.2, 0) is 23.0 Å².